The third-order valence-electron chi connectivity index (χ3n) is 2.24. The molecule has 0 bridgehead atoms. The first kappa shape index (κ1) is 14.1. The lowest BCUT2D eigenvalue weighted by atomic mass is 10.2. The Hall–Kier alpha value is -1.99. The van der Waals surface area contributed by atoms with E-state index in [1.165, 1.54) is 0 Å². The molecule has 0 aliphatic rings. The van der Waals surface area contributed by atoms with Gasteiger partial charge in [-0.3, -0.25) is 4.79 Å². The highest BCUT2D eigenvalue weighted by Crippen LogP contribution is 2.12. The first-order valence-corrected chi connectivity index (χ1v) is 5.89. The van der Waals surface area contributed by atoms with E-state index in [1.54, 1.807) is 0 Å². The average molecular weight is 246 g/mol. The molecule has 4 nitrogen and oxygen atoms in total. The lowest BCUT2D eigenvalue weighted by molar-refractivity contribution is -0.122. The van der Waals surface area contributed by atoms with Gasteiger partial charge in [0.15, 0.2) is 6.61 Å². The van der Waals surface area contributed by atoms with Gasteiger partial charge in [0, 0.05) is 6.54 Å². The summed E-state index contributed by atoms with van der Waals surface area (Å²) in [5, 5.41) is 5.77. The number of carbonyl (C=O) groups excluding carboxylic acids is 1. The van der Waals surface area contributed by atoms with Crippen LogP contribution in [0.1, 0.15) is 12.5 Å². The highest BCUT2D eigenvalue weighted by Gasteiger charge is 2.02. The fourth-order valence-electron chi connectivity index (χ4n) is 1.36. The van der Waals surface area contributed by atoms with Gasteiger partial charge in [0.2, 0.25) is 0 Å². The lowest BCUT2D eigenvalue weighted by Crippen LogP contribution is -2.29. The summed E-state index contributed by atoms with van der Waals surface area (Å²) in [6.07, 6.45) is 5.04. The fraction of sp³-hybridized carbons (Fsp3) is 0.357. The molecule has 0 radical (unpaired) electrons. The number of hydrogen-bond donors (Lipinski definition) is 2. The Morgan fingerprint density at radius 1 is 1.50 bits per heavy atom. The predicted molar refractivity (Wildman–Crippen MR) is 71.2 cm³/mol. The van der Waals surface area contributed by atoms with Gasteiger partial charge < -0.3 is 15.4 Å². The summed E-state index contributed by atoms with van der Waals surface area (Å²) in [4.78, 5) is 11.3. The second-order valence-corrected chi connectivity index (χ2v) is 3.70. The van der Waals surface area contributed by atoms with Gasteiger partial charge in [-0.25, -0.2) is 0 Å². The number of benzene rings is 1. The van der Waals surface area contributed by atoms with Gasteiger partial charge in [-0.2, -0.15) is 0 Å². The number of terminal acetylenes is 1. The molecule has 1 amide bonds. The Balaban J connectivity index is 2.42. The van der Waals surface area contributed by atoms with Crippen LogP contribution in [-0.2, 0) is 11.3 Å². The highest BCUT2D eigenvalue weighted by atomic mass is 16.5. The van der Waals surface area contributed by atoms with E-state index in [-0.39, 0.29) is 19.1 Å². The third-order valence-corrected chi connectivity index (χ3v) is 2.24. The zero-order valence-corrected chi connectivity index (χ0v) is 10.5. The maximum atomic E-state index is 11.3. The quantitative estimate of drug-likeness (QED) is 0.704. The highest BCUT2D eigenvalue weighted by molar-refractivity contribution is 5.77. The van der Waals surface area contributed by atoms with Crippen LogP contribution in [0.25, 0.3) is 0 Å². The first-order valence-electron chi connectivity index (χ1n) is 5.89. The molecule has 0 saturated carbocycles. The van der Waals surface area contributed by atoms with Crippen molar-refractivity contribution < 1.29 is 9.53 Å². The summed E-state index contributed by atoms with van der Waals surface area (Å²) >= 11 is 0. The Bertz CT molecular complexity index is 424. The molecule has 0 saturated heterocycles. The van der Waals surface area contributed by atoms with E-state index >= 15 is 0 Å². The minimum absolute atomic E-state index is 0.0215. The second kappa shape index (κ2) is 8.15. The third kappa shape index (κ3) is 5.37. The van der Waals surface area contributed by atoms with E-state index in [2.05, 4.69) is 23.5 Å². The molecule has 96 valence electrons. The zero-order chi connectivity index (χ0) is 13.2. The molecule has 1 aromatic carbocycles. The summed E-state index contributed by atoms with van der Waals surface area (Å²) in [6, 6.07) is 7.65. The van der Waals surface area contributed by atoms with Crippen molar-refractivity contribution in [3.05, 3.63) is 29.8 Å². The molecule has 0 aromatic heterocycles. The minimum atomic E-state index is -0.218. The van der Waals surface area contributed by atoms with Gasteiger partial charge in [-0.1, -0.05) is 25.0 Å². The number of hydrogen-bond acceptors (Lipinski definition) is 3. The maximum Gasteiger partial charge on any atom is 0.258 e. The maximum absolute atomic E-state index is 11.3. The average Bonchev–Trinajstić information content (AvgIpc) is 2.41. The van der Waals surface area contributed by atoms with Crippen LogP contribution in [0.3, 0.4) is 0 Å². The Morgan fingerprint density at radius 3 is 3.06 bits per heavy atom. The topological polar surface area (TPSA) is 50.4 Å². The van der Waals surface area contributed by atoms with Gasteiger partial charge in [0.25, 0.3) is 5.91 Å². The van der Waals surface area contributed by atoms with E-state index in [0.29, 0.717) is 5.75 Å². The first-order chi connectivity index (χ1) is 8.76. The molecule has 0 atom stereocenters. The van der Waals surface area contributed by atoms with Crippen LogP contribution in [0, 0.1) is 12.3 Å². The molecule has 0 spiro atoms. The molecular weight excluding hydrogens is 228 g/mol. The molecule has 2 N–H and O–H groups in total. The van der Waals surface area contributed by atoms with Crippen molar-refractivity contribution in [3.8, 4) is 18.1 Å². The van der Waals surface area contributed by atoms with E-state index in [9.17, 15) is 4.79 Å². The van der Waals surface area contributed by atoms with E-state index in [4.69, 9.17) is 11.2 Å². The van der Waals surface area contributed by atoms with E-state index in [0.717, 1.165) is 18.7 Å². The van der Waals surface area contributed by atoms with Crippen LogP contribution in [0.2, 0.25) is 0 Å². The van der Waals surface area contributed by atoms with Crippen LogP contribution in [0.15, 0.2) is 24.3 Å². The molecule has 4 heteroatoms. The number of amides is 1. The van der Waals surface area contributed by atoms with Crippen molar-refractivity contribution in [2.24, 2.45) is 0 Å². The summed E-state index contributed by atoms with van der Waals surface area (Å²) < 4.78 is 5.38. The standard InChI is InChI=1S/C14H18N2O2/c1-3-8-16-14(17)11-18-13-7-5-6-12(9-13)10-15-4-2/h1,5-7,9,15H,4,8,10-11H2,2H3,(H,16,17). The Labute approximate surface area is 108 Å². The van der Waals surface area contributed by atoms with Crippen LogP contribution in [0.5, 0.6) is 5.75 Å². The Kier molecular flexibility index (Phi) is 6.37. The molecular formula is C14H18N2O2. The van der Waals surface area contributed by atoms with Gasteiger partial charge in [0.05, 0.1) is 6.54 Å². The van der Waals surface area contributed by atoms with E-state index in [1.807, 2.05) is 24.3 Å². The van der Waals surface area contributed by atoms with Crippen LogP contribution < -0.4 is 15.4 Å². The second-order valence-electron chi connectivity index (χ2n) is 3.70. The summed E-state index contributed by atoms with van der Waals surface area (Å²) in [6.45, 7) is 3.96. The van der Waals surface area contributed by atoms with Gasteiger partial charge in [-0.05, 0) is 24.2 Å². The lowest BCUT2D eigenvalue weighted by Gasteiger charge is -2.08. The fourth-order valence-corrected chi connectivity index (χ4v) is 1.36. The van der Waals surface area contributed by atoms with Crippen molar-refractivity contribution in [2.45, 2.75) is 13.5 Å². The van der Waals surface area contributed by atoms with Crippen LogP contribution in [0.4, 0.5) is 0 Å². The molecule has 0 unspecified atom stereocenters. The molecule has 18 heavy (non-hydrogen) atoms. The van der Waals surface area contributed by atoms with Gasteiger partial charge in [-0.15, -0.1) is 6.42 Å². The van der Waals surface area contributed by atoms with Gasteiger partial charge in [0.1, 0.15) is 5.75 Å². The van der Waals surface area contributed by atoms with Crippen molar-refractivity contribution >= 4 is 5.91 Å². The molecule has 1 rings (SSSR count). The molecule has 0 heterocycles. The normalized spacial score (nSPS) is 9.56. The molecule has 0 aliphatic carbocycles. The summed E-state index contributed by atoms with van der Waals surface area (Å²) in [5.41, 5.74) is 1.12. The van der Waals surface area contributed by atoms with Gasteiger partial charge >= 0.3 is 0 Å². The molecule has 1 aromatic rings. The van der Waals surface area contributed by atoms with Crippen LogP contribution in [-0.4, -0.2) is 25.6 Å². The number of ether oxygens (including phenoxy) is 1. The SMILES string of the molecule is C#CCNC(=O)COc1cccc(CNCC)c1. The largest absolute Gasteiger partial charge is 0.484 e. The number of carbonyl (C=O) groups is 1. The van der Waals surface area contributed by atoms with E-state index < -0.39 is 0 Å². The Morgan fingerprint density at radius 2 is 2.33 bits per heavy atom. The van der Waals surface area contributed by atoms with Crippen molar-refractivity contribution in [3.63, 3.8) is 0 Å². The summed E-state index contributed by atoms with van der Waals surface area (Å²) in [5.74, 6) is 2.80. The van der Waals surface area contributed by atoms with Crippen molar-refractivity contribution in [1.29, 1.82) is 0 Å². The molecule has 0 fully saturated rings. The van der Waals surface area contributed by atoms with Crippen molar-refractivity contribution in [1.82, 2.24) is 10.6 Å². The smallest absolute Gasteiger partial charge is 0.258 e. The number of nitrogens with one attached hydrogen (secondary N) is 2. The van der Waals surface area contributed by atoms with Crippen molar-refractivity contribution in [2.75, 3.05) is 19.7 Å². The number of rotatable bonds is 7. The van der Waals surface area contributed by atoms with Crippen LogP contribution >= 0.6 is 0 Å². The zero-order valence-electron chi connectivity index (χ0n) is 10.5. The molecule has 0 aliphatic heterocycles. The predicted octanol–water partition coefficient (Wildman–Crippen LogP) is 0.924. The summed E-state index contributed by atoms with van der Waals surface area (Å²) in [7, 11) is 0. The monoisotopic (exact) mass is 246 g/mol. The minimum Gasteiger partial charge on any atom is -0.484 e.